The number of rotatable bonds is 8. The zero-order valence-corrected chi connectivity index (χ0v) is 19.3. The van der Waals surface area contributed by atoms with Crippen molar-refractivity contribution in [1.29, 1.82) is 0 Å². The van der Waals surface area contributed by atoms with E-state index in [9.17, 15) is 0 Å². The van der Waals surface area contributed by atoms with Crippen molar-refractivity contribution >= 4 is 17.4 Å². The smallest absolute Gasteiger partial charge is 0.294 e. The Morgan fingerprint density at radius 2 is 1.38 bits per heavy atom. The van der Waals surface area contributed by atoms with Crippen molar-refractivity contribution in [2.45, 2.75) is 79.6 Å². The first kappa shape index (κ1) is 23.0. The van der Waals surface area contributed by atoms with E-state index in [1.807, 2.05) is 0 Å². The lowest BCUT2D eigenvalue weighted by atomic mass is 9.93. The van der Waals surface area contributed by atoms with Gasteiger partial charge in [-0.1, -0.05) is 84.9 Å². The molecule has 0 aliphatic rings. The molecule has 3 nitrogen and oxygen atoms in total. The monoisotopic (exact) mass is 394 g/mol. The van der Waals surface area contributed by atoms with Crippen molar-refractivity contribution in [3.8, 4) is 0 Å². The molecule has 2 rings (SSSR count). The summed E-state index contributed by atoms with van der Waals surface area (Å²) in [5.41, 5.74) is 7.28. The molecule has 0 heterocycles. The number of nitrogens with zero attached hydrogens (tertiary/aromatic N) is 1. The Bertz CT molecular complexity index is 773. The minimum Gasteiger partial charge on any atom is -0.465 e. The molecule has 3 heteroatoms. The normalized spacial score (nSPS) is 12.0. The van der Waals surface area contributed by atoms with Crippen LogP contribution in [0.4, 0.5) is 11.4 Å². The van der Waals surface area contributed by atoms with Gasteiger partial charge in [-0.3, -0.25) is 0 Å². The van der Waals surface area contributed by atoms with E-state index in [1.54, 1.807) is 0 Å². The van der Waals surface area contributed by atoms with E-state index >= 15 is 0 Å². The molecule has 2 aromatic rings. The largest absolute Gasteiger partial charge is 0.465 e. The fourth-order valence-corrected chi connectivity index (χ4v) is 3.56. The molecule has 0 unspecified atom stereocenters. The standard InChI is InChI=1S/C26H38N2O/c1-8-17-29-26(27-24-20(9-2)13-11-14-21(24)10-3)28-25-22(18(4)5)15-12-16-23(25)19(6)7/h11-16,18-19H,8-10,17H2,1-7H3,(H,27,28). The number of aliphatic imine (C=N–C) groups is 1. The summed E-state index contributed by atoms with van der Waals surface area (Å²) in [4.78, 5) is 5.02. The molecule has 0 saturated carbocycles. The molecule has 0 aromatic heterocycles. The molecule has 158 valence electrons. The Balaban J connectivity index is 2.58. The first-order valence-corrected chi connectivity index (χ1v) is 11.1. The molecule has 0 atom stereocenters. The van der Waals surface area contributed by atoms with Crippen LogP contribution in [-0.4, -0.2) is 12.6 Å². The Kier molecular flexibility index (Phi) is 8.75. The highest BCUT2D eigenvalue weighted by molar-refractivity contribution is 5.93. The van der Waals surface area contributed by atoms with Gasteiger partial charge in [0.05, 0.1) is 12.3 Å². The number of amidine groups is 1. The van der Waals surface area contributed by atoms with Gasteiger partial charge in [0.2, 0.25) is 0 Å². The van der Waals surface area contributed by atoms with Crippen LogP contribution >= 0.6 is 0 Å². The average molecular weight is 395 g/mol. The lowest BCUT2D eigenvalue weighted by Gasteiger charge is -2.22. The molecule has 0 aliphatic carbocycles. The van der Waals surface area contributed by atoms with Crippen LogP contribution in [0.15, 0.2) is 41.4 Å². The zero-order chi connectivity index (χ0) is 21.4. The van der Waals surface area contributed by atoms with Gasteiger partial charge in [0.15, 0.2) is 0 Å². The molecule has 0 radical (unpaired) electrons. The predicted octanol–water partition coefficient (Wildman–Crippen LogP) is 7.58. The number of aryl methyl sites for hydroxylation is 2. The van der Waals surface area contributed by atoms with Crippen molar-refractivity contribution in [2.75, 3.05) is 11.9 Å². The lowest BCUT2D eigenvalue weighted by molar-refractivity contribution is 0.303. The number of hydrogen-bond donors (Lipinski definition) is 1. The van der Waals surface area contributed by atoms with Crippen molar-refractivity contribution in [3.05, 3.63) is 58.7 Å². The highest BCUT2D eigenvalue weighted by Gasteiger charge is 2.17. The molecular formula is C26H38N2O. The van der Waals surface area contributed by atoms with Crippen LogP contribution in [0, 0.1) is 0 Å². The van der Waals surface area contributed by atoms with Gasteiger partial charge in [-0.25, -0.2) is 0 Å². The molecule has 0 saturated heterocycles. The molecule has 0 aliphatic heterocycles. The number of para-hydroxylation sites is 2. The van der Waals surface area contributed by atoms with Crippen molar-refractivity contribution < 1.29 is 4.74 Å². The maximum atomic E-state index is 6.11. The predicted molar refractivity (Wildman–Crippen MR) is 127 cm³/mol. The third-order valence-corrected chi connectivity index (χ3v) is 5.23. The second kappa shape index (κ2) is 11.0. The van der Waals surface area contributed by atoms with Crippen LogP contribution in [0.25, 0.3) is 0 Å². The SMILES string of the molecule is CCCOC(=Nc1c(CC)cccc1CC)Nc1c(C(C)C)cccc1C(C)C. The van der Waals surface area contributed by atoms with Gasteiger partial charge in [-0.15, -0.1) is 0 Å². The number of ether oxygens (including phenoxy) is 1. The Labute approximate surface area is 177 Å². The molecule has 0 spiro atoms. The van der Waals surface area contributed by atoms with Crippen LogP contribution in [0.1, 0.15) is 89.0 Å². The summed E-state index contributed by atoms with van der Waals surface area (Å²) in [5.74, 6) is 0.829. The van der Waals surface area contributed by atoms with E-state index in [4.69, 9.17) is 9.73 Å². The number of nitrogens with one attached hydrogen (secondary N) is 1. The van der Waals surface area contributed by atoms with Crippen LogP contribution in [0.5, 0.6) is 0 Å². The van der Waals surface area contributed by atoms with E-state index in [1.165, 1.54) is 22.3 Å². The number of anilines is 1. The van der Waals surface area contributed by atoms with Gasteiger partial charge in [-0.2, -0.15) is 4.99 Å². The minimum atomic E-state index is 0.415. The second-order valence-electron chi connectivity index (χ2n) is 8.14. The summed E-state index contributed by atoms with van der Waals surface area (Å²) >= 11 is 0. The van der Waals surface area contributed by atoms with E-state index < -0.39 is 0 Å². The van der Waals surface area contributed by atoms with Crippen LogP contribution in [0.3, 0.4) is 0 Å². The highest BCUT2D eigenvalue weighted by atomic mass is 16.5. The van der Waals surface area contributed by atoms with Gasteiger partial charge >= 0.3 is 0 Å². The summed E-state index contributed by atoms with van der Waals surface area (Å²) in [7, 11) is 0. The quantitative estimate of drug-likeness (QED) is 0.370. The van der Waals surface area contributed by atoms with Crippen LogP contribution in [0.2, 0.25) is 0 Å². The molecule has 0 amide bonds. The van der Waals surface area contributed by atoms with E-state index in [-0.39, 0.29) is 0 Å². The Hall–Kier alpha value is -2.29. The molecule has 0 fully saturated rings. The topological polar surface area (TPSA) is 33.6 Å². The maximum Gasteiger partial charge on any atom is 0.294 e. The maximum absolute atomic E-state index is 6.11. The van der Waals surface area contributed by atoms with Gasteiger partial charge in [0, 0.05) is 5.69 Å². The van der Waals surface area contributed by atoms with Crippen molar-refractivity contribution in [2.24, 2.45) is 4.99 Å². The average Bonchev–Trinajstić information content (AvgIpc) is 2.71. The highest BCUT2D eigenvalue weighted by Crippen LogP contribution is 2.33. The first-order valence-electron chi connectivity index (χ1n) is 11.1. The minimum absolute atomic E-state index is 0.415. The van der Waals surface area contributed by atoms with E-state index in [0.29, 0.717) is 24.5 Å². The van der Waals surface area contributed by atoms with Crippen molar-refractivity contribution in [3.63, 3.8) is 0 Å². The summed E-state index contributed by atoms with van der Waals surface area (Å²) in [6.45, 7) is 16.0. The lowest BCUT2D eigenvalue weighted by Crippen LogP contribution is -2.19. The third kappa shape index (κ3) is 5.85. The van der Waals surface area contributed by atoms with Gasteiger partial charge in [-0.05, 0) is 53.4 Å². The molecule has 2 aromatic carbocycles. The third-order valence-electron chi connectivity index (χ3n) is 5.23. The summed E-state index contributed by atoms with van der Waals surface area (Å²) in [6.07, 6.45) is 2.85. The fraction of sp³-hybridized carbons (Fsp3) is 0.500. The van der Waals surface area contributed by atoms with Crippen LogP contribution < -0.4 is 5.32 Å². The fourth-order valence-electron chi connectivity index (χ4n) is 3.56. The second-order valence-corrected chi connectivity index (χ2v) is 8.14. The molecule has 29 heavy (non-hydrogen) atoms. The van der Waals surface area contributed by atoms with Crippen LogP contribution in [-0.2, 0) is 17.6 Å². The summed E-state index contributed by atoms with van der Waals surface area (Å²) in [5, 5.41) is 3.59. The number of hydrogen-bond acceptors (Lipinski definition) is 2. The summed E-state index contributed by atoms with van der Waals surface area (Å²) < 4.78 is 6.11. The molecule has 1 N–H and O–H groups in total. The summed E-state index contributed by atoms with van der Waals surface area (Å²) in [6, 6.07) is 13.6. The Morgan fingerprint density at radius 1 is 0.862 bits per heavy atom. The van der Waals surface area contributed by atoms with Gasteiger partial charge in [0.25, 0.3) is 6.02 Å². The van der Waals surface area contributed by atoms with Gasteiger partial charge < -0.3 is 10.1 Å². The zero-order valence-electron chi connectivity index (χ0n) is 19.3. The molecular weight excluding hydrogens is 356 g/mol. The molecule has 0 bridgehead atoms. The van der Waals surface area contributed by atoms with Crippen molar-refractivity contribution in [1.82, 2.24) is 0 Å². The van der Waals surface area contributed by atoms with E-state index in [0.717, 1.165) is 30.6 Å². The first-order chi connectivity index (χ1) is 13.9. The van der Waals surface area contributed by atoms with Gasteiger partial charge in [0.1, 0.15) is 0 Å². The Morgan fingerprint density at radius 3 is 1.83 bits per heavy atom. The van der Waals surface area contributed by atoms with E-state index in [2.05, 4.69) is 90.2 Å². The number of benzene rings is 2.